The van der Waals surface area contributed by atoms with E-state index in [1.165, 1.54) is 18.2 Å². The molecule has 0 unspecified atom stereocenters. The van der Waals surface area contributed by atoms with Crippen LogP contribution in [-0.4, -0.2) is 70.1 Å². The summed E-state index contributed by atoms with van der Waals surface area (Å²) >= 11 is 0. The number of carbonyl (C=O) groups excluding carboxylic acids is 1. The number of halogens is 1. The number of hydrogen-bond donors (Lipinski definition) is 1. The highest BCUT2D eigenvalue weighted by Crippen LogP contribution is 2.24. The lowest BCUT2D eigenvalue weighted by Gasteiger charge is -2.34. The van der Waals surface area contributed by atoms with Crippen LogP contribution in [0.2, 0.25) is 0 Å². The quantitative estimate of drug-likeness (QED) is 0.644. The second-order valence-electron chi connectivity index (χ2n) is 9.08. The number of benzene rings is 2. The summed E-state index contributed by atoms with van der Waals surface area (Å²) in [5.41, 5.74) is 1.07. The van der Waals surface area contributed by atoms with Crippen LogP contribution >= 0.6 is 0 Å². The second-order valence-corrected chi connectivity index (χ2v) is 10.8. The average Bonchev–Trinajstić information content (AvgIpc) is 2.85. The summed E-state index contributed by atoms with van der Waals surface area (Å²) in [6.45, 7) is 7.66. The van der Waals surface area contributed by atoms with E-state index in [-0.39, 0.29) is 16.5 Å². The first kappa shape index (κ1) is 24.6. The third-order valence-corrected chi connectivity index (χ3v) is 8.05. The minimum absolute atomic E-state index is 0.103. The first-order valence-electron chi connectivity index (χ1n) is 11.8. The summed E-state index contributed by atoms with van der Waals surface area (Å²) < 4.78 is 47.1. The van der Waals surface area contributed by atoms with E-state index >= 15 is 0 Å². The number of morpholine rings is 1. The fourth-order valence-corrected chi connectivity index (χ4v) is 5.53. The molecule has 0 bridgehead atoms. The molecular weight excluding hydrogens is 457 g/mol. The molecule has 0 aliphatic carbocycles. The summed E-state index contributed by atoms with van der Waals surface area (Å²) in [7, 11) is -3.97. The van der Waals surface area contributed by atoms with E-state index in [0.717, 1.165) is 58.2 Å². The van der Waals surface area contributed by atoms with Crippen LogP contribution in [0.5, 0.6) is 0 Å². The van der Waals surface area contributed by atoms with Gasteiger partial charge in [-0.25, -0.2) is 12.8 Å². The average molecular weight is 490 g/mol. The summed E-state index contributed by atoms with van der Waals surface area (Å²) in [6, 6.07) is 10.2. The number of ether oxygens (including phenoxy) is 1. The summed E-state index contributed by atoms with van der Waals surface area (Å²) in [6.07, 6.45) is 3.08. The highest BCUT2D eigenvalue weighted by atomic mass is 32.2. The number of nitrogens with zero attached hydrogens (tertiary/aromatic N) is 2. The first-order chi connectivity index (χ1) is 16.3. The smallest absolute Gasteiger partial charge is 0.261 e. The van der Waals surface area contributed by atoms with E-state index in [4.69, 9.17) is 4.74 Å². The minimum atomic E-state index is -3.97. The maximum absolute atomic E-state index is 13.8. The summed E-state index contributed by atoms with van der Waals surface area (Å²) in [4.78, 5) is 17.2. The van der Waals surface area contributed by atoms with Gasteiger partial charge in [-0.2, -0.15) is 0 Å². The van der Waals surface area contributed by atoms with Crippen molar-refractivity contribution in [2.75, 3.05) is 50.7 Å². The Bertz CT molecular complexity index is 1110. The molecule has 0 spiro atoms. The monoisotopic (exact) mass is 489 g/mol. The molecule has 0 aromatic heterocycles. The van der Waals surface area contributed by atoms with Crippen molar-refractivity contribution in [1.29, 1.82) is 0 Å². The largest absolute Gasteiger partial charge is 0.379 e. The number of sulfonamides is 1. The van der Waals surface area contributed by atoms with Gasteiger partial charge >= 0.3 is 0 Å². The molecule has 34 heavy (non-hydrogen) atoms. The lowest BCUT2D eigenvalue weighted by molar-refractivity contribution is 0.0332. The maximum Gasteiger partial charge on any atom is 0.261 e. The number of hydrogen-bond acceptors (Lipinski definition) is 5. The zero-order chi connectivity index (χ0) is 24.1. The lowest BCUT2D eigenvalue weighted by atomic mass is 9.93. The van der Waals surface area contributed by atoms with Crippen LogP contribution in [0.1, 0.15) is 35.2 Å². The van der Waals surface area contributed by atoms with E-state index in [9.17, 15) is 17.6 Å². The normalized spacial score (nSPS) is 18.1. The molecule has 184 valence electrons. The number of carbonyl (C=O) groups is 1. The molecule has 1 N–H and O–H groups in total. The van der Waals surface area contributed by atoms with E-state index in [0.29, 0.717) is 30.1 Å². The topological polar surface area (TPSA) is 79.0 Å². The zero-order valence-electron chi connectivity index (χ0n) is 19.5. The number of aryl methyl sites for hydroxylation is 1. The number of nitrogens with one attached hydrogen (secondary N) is 1. The van der Waals surface area contributed by atoms with Crippen LogP contribution in [0.3, 0.4) is 0 Å². The molecule has 2 aromatic rings. The Morgan fingerprint density at radius 3 is 2.53 bits per heavy atom. The van der Waals surface area contributed by atoms with Crippen molar-refractivity contribution in [1.82, 2.24) is 9.80 Å². The standard InChI is InChI=1S/C25H32FN3O4S/c1-19-5-6-23(18-24(19)26)34(31,32)27-22-4-2-3-21(17-22)25(30)29-11-8-20(9-12-29)7-10-28-13-15-33-16-14-28/h2-6,17-18,20,27H,7-16H2,1H3. The predicted molar refractivity (Wildman–Crippen MR) is 129 cm³/mol. The molecule has 2 aromatic carbocycles. The van der Waals surface area contributed by atoms with Gasteiger partial charge in [0.2, 0.25) is 0 Å². The Morgan fingerprint density at radius 2 is 1.82 bits per heavy atom. The van der Waals surface area contributed by atoms with Crippen molar-refractivity contribution in [2.45, 2.75) is 31.1 Å². The van der Waals surface area contributed by atoms with Crippen molar-refractivity contribution in [3.63, 3.8) is 0 Å². The van der Waals surface area contributed by atoms with Crippen LogP contribution in [0, 0.1) is 18.7 Å². The third-order valence-electron chi connectivity index (χ3n) is 6.67. The molecular formula is C25H32FN3O4S. The fraction of sp³-hybridized carbons (Fsp3) is 0.480. The molecule has 0 atom stereocenters. The molecule has 0 saturated carbocycles. The number of amides is 1. The van der Waals surface area contributed by atoms with Crippen molar-refractivity contribution in [2.24, 2.45) is 5.92 Å². The van der Waals surface area contributed by atoms with Crippen LogP contribution in [0.25, 0.3) is 0 Å². The number of piperidine rings is 1. The molecule has 1 amide bonds. The molecule has 4 rings (SSSR count). The molecule has 7 nitrogen and oxygen atoms in total. The first-order valence-corrected chi connectivity index (χ1v) is 13.3. The minimum Gasteiger partial charge on any atom is -0.379 e. The van der Waals surface area contributed by atoms with Gasteiger partial charge in [0.05, 0.1) is 18.1 Å². The van der Waals surface area contributed by atoms with Gasteiger partial charge in [-0.05, 0) is 74.5 Å². The number of rotatable bonds is 7. The number of likely N-dealkylation sites (tertiary alicyclic amines) is 1. The van der Waals surface area contributed by atoms with Crippen molar-refractivity contribution >= 4 is 21.6 Å². The zero-order valence-corrected chi connectivity index (χ0v) is 20.3. The molecule has 9 heteroatoms. The van der Waals surface area contributed by atoms with E-state index in [1.807, 2.05) is 4.90 Å². The number of anilines is 1. The van der Waals surface area contributed by atoms with Gasteiger partial charge in [0.25, 0.3) is 15.9 Å². The fourth-order valence-electron chi connectivity index (χ4n) is 4.47. The predicted octanol–water partition coefficient (Wildman–Crippen LogP) is 3.51. The van der Waals surface area contributed by atoms with Gasteiger partial charge in [-0.1, -0.05) is 12.1 Å². The molecule has 2 fully saturated rings. The third kappa shape index (κ3) is 6.14. The van der Waals surface area contributed by atoms with Gasteiger partial charge < -0.3 is 9.64 Å². The molecule has 2 saturated heterocycles. The van der Waals surface area contributed by atoms with Gasteiger partial charge in [0, 0.05) is 37.4 Å². The Labute approximate surface area is 200 Å². The summed E-state index contributed by atoms with van der Waals surface area (Å²) in [5, 5.41) is 0. The molecule has 2 aliphatic rings. The SMILES string of the molecule is Cc1ccc(S(=O)(=O)Nc2cccc(C(=O)N3CCC(CCN4CCOCC4)CC3)c2)cc1F. The molecule has 2 heterocycles. The van der Waals surface area contributed by atoms with E-state index in [2.05, 4.69) is 9.62 Å². The highest BCUT2D eigenvalue weighted by molar-refractivity contribution is 7.92. The van der Waals surface area contributed by atoms with Gasteiger partial charge in [-0.15, -0.1) is 0 Å². The Balaban J connectivity index is 1.33. The molecule has 2 aliphatic heterocycles. The van der Waals surface area contributed by atoms with Gasteiger partial charge in [0.15, 0.2) is 0 Å². The lowest BCUT2D eigenvalue weighted by Crippen LogP contribution is -2.40. The molecule has 0 radical (unpaired) electrons. The second kappa shape index (κ2) is 10.8. The Morgan fingerprint density at radius 1 is 1.09 bits per heavy atom. The van der Waals surface area contributed by atoms with E-state index in [1.54, 1.807) is 25.1 Å². The summed E-state index contributed by atoms with van der Waals surface area (Å²) in [5.74, 6) is -0.0749. The van der Waals surface area contributed by atoms with Gasteiger partial charge in [-0.3, -0.25) is 14.4 Å². The van der Waals surface area contributed by atoms with Crippen molar-refractivity contribution in [3.8, 4) is 0 Å². The van der Waals surface area contributed by atoms with Crippen LogP contribution in [0.4, 0.5) is 10.1 Å². The maximum atomic E-state index is 13.8. The van der Waals surface area contributed by atoms with Crippen molar-refractivity contribution < 1.29 is 22.3 Å². The van der Waals surface area contributed by atoms with Crippen LogP contribution in [0.15, 0.2) is 47.4 Å². The van der Waals surface area contributed by atoms with Crippen LogP contribution in [-0.2, 0) is 14.8 Å². The Hall–Kier alpha value is -2.49. The van der Waals surface area contributed by atoms with Crippen LogP contribution < -0.4 is 4.72 Å². The highest BCUT2D eigenvalue weighted by Gasteiger charge is 2.25. The van der Waals surface area contributed by atoms with Gasteiger partial charge in [0.1, 0.15) is 5.82 Å². The Kier molecular flexibility index (Phi) is 7.85. The van der Waals surface area contributed by atoms with Crippen molar-refractivity contribution in [3.05, 3.63) is 59.4 Å². The van der Waals surface area contributed by atoms with E-state index < -0.39 is 15.8 Å².